The van der Waals surface area contributed by atoms with E-state index in [2.05, 4.69) is 43.5 Å². The third kappa shape index (κ3) is 69.4. The highest BCUT2D eigenvalue weighted by molar-refractivity contribution is 5.76. The van der Waals surface area contributed by atoms with Gasteiger partial charge in [0.05, 0.1) is 25.4 Å². The molecular weight excluding hydrogens is 1030 g/mol. The van der Waals surface area contributed by atoms with Gasteiger partial charge in [0.15, 0.2) is 0 Å². The van der Waals surface area contributed by atoms with Crippen LogP contribution in [0.5, 0.6) is 0 Å². The first-order valence-electron chi connectivity index (χ1n) is 38.6. The number of unbranched alkanes of at least 4 members (excludes halogenated alkanes) is 58. The monoisotopic (exact) mass is 1180 g/mol. The van der Waals surface area contributed by atoms with E-state index in [1.54, 1.807) is 0 Å². The lowest BCUT2D eigenvalue weighted by Gasteiger charge is -2.22. The third-order valence-corrected chi connectivity index (χ3v) is 18.2. The normalized spacial score (nSPS) is 12.6. The third-order valence-electron chi connectivity index (χ3n) is 18.2. The van der Waals surface area contributed by atoms with Crippen LogP contribution in [-0.2, 0) is 14.3 Å². The SMILES string of the molecule is CCC/C=C\C/C=C\CCCCCCCC(=O)OCCCCCCCCCCCCCCCCCCCCCCCCCCCCCCCCCCCCCCCCCC(=O)NC(CO)C(O)CCCCCCCCCCCCCCCCC. The van der Waals surface area contributed by atoms with Crippen molar-refractivity contribution < 1.29 is 24.5 Å². The van der Waals surface area contributed by atoms with Gasteiger partial charge in [0.25, 0.3) is 0 Å². The van der Waals surface area contributed by atoms with Gasteiger partial charge in [-0.15, -0.1) is 0 Å². The molecule has 3 N–H and O–H groups in total. The minimum atomic E-state index is -0.659. The summed E-state index contributed by atoms with van der Waals surface area (Å²) in [5, 5.41) is 23.4. The van der Waals surface area contributed by atoms with Gasteiger partial charge in [-0.1, -0.05) is 398 Å². The predicted molar refractivity (Wildman–Crippen MR) is 370 cm³/mol. The molecule has 0 aliphatic rings. The van der Waals surface area contributed by atoms with E-state index in [1.807, 2.05) is 0 Å². The summed E-state index contributed by atoms with van der Waals surface area (Å²) >= 11 is 0. The summed E-state index contributed by atoms with van der Waals surface area (Å²) < 4.78 is 5.48. The zero-order valence-corrected chi connectivity index (χ0v) is 57.2. The lowest BCUT2D eigenvalue weighted by Crippen LogP contribution is -2.45. The number of hydrogen-bond donors (Lipinski definition) is 3. The second kappa shape index (κ2) is 73.8. The number of carbonyl (C=O) groups excluding carboxylic acids is 2. The fourth-order valence-electron chi connectivity index (χ4n) is 12.4. The maximum absolute atomic E-state index is 12.5. The van der Waals surface area contributed by atoms with Gasteiger partial charge in [-0.25, -0.2) is 0 Å². The molecule has 0 aromatic rings. The largest absolute Gasteiger partial charge is 0.466 e. The summed E-state index contributed by atoms with van der Waals surface area (Å²) in [5.74, 6) is -0.0161. The summed E-state index contributed by atoms with van der Waals surface area (Å²) in [7, 11) is 0. The van der Waals surface area contributed by atoms with E-state index in [9.17, 15) is 19.8 Å². The smallest absolute Gasteiger partial charge is 0.305 e. The number of carbonyl (C=O) groups is 2. The maximum Gasteiger partial charge on any atom is 0.305 e. The molecule has 0 bridgehead atoms. The van der Waals surface area contributed by atoms with Crippen molar-refractivity contribution in [3.05, 3.63) is 24.3 Å². The number of nitrogens with one attached hydrogen (secondary N) is 1. The molecule has 1 amide bonds. The minimum absolute atomic E-state index is 0.00921. The Hall–Kier alpha value is -1.66. The Labute approximate surface area is 526 Å². The molecule has 2 atom stereocenters. The van der Waals surface area contributed by atoms with Crippen molar-refractivity contribution in [3.63, 3.8) is 0 Å². The van der Waals surface area contributed by atoms with Crippen LogP contribution in [0.2, 0.25) is 0 Å². The molecule has 0 rings (SSSR count). The first kappa shape index (κ1) is 82.3. The first-order chi connectivity index (χ1) is 41.5. The van der Waals surface area contributed by atoms with Gasteiger partial charge in [-0.05, 0) is 51.4 Å². The van der Waals surface area contributed by atoms with Crippen molar-refractivity contribution in [2.75, 3.05) is 13.2 Å². The van der Waals surface area contributed by atoms with Gasteiger partial charge in [-0.3, -0.25) is 9.59 Å². The van der Waals surface area contributed by atoms with Gasteiger partial charge in [-0.2, -0.15) is 0 Å². The Morgan fingerprint density at radius 3 is 0.952 bits per heavy atom. The molecule has 498 valence electrons. The standard InChI is InChI=1S/C78H151NO5/c1-3-5-7-9-11-13-15-17-43-47-50-54-58-62-66-70-76(81)75(74-80)79-77(82)71-67-63-59-55-51-48-44-41-39-37-35-33-31-29-27-25-23-21-19-18-20-22-24-26-28-30-32-34-36-38-40-42-45-49-53-57-61-65-69-73-84-78(83)72-68-64-60-56-52-46-16-14-12-10-8-6-4-2/h8,10,14,16,75-76,80-81H,3-7,9,11-13,15,17-74H2,1-2H3,(H,79,82)/b10-8-,16-14-. The maximum atomic E-state index is 12.5. The van der Waals surface area contributed by atoms with Crippen LogP contribution in [0.15, 0.2) is 24.3 Å². The van der Waals surface area contributed by atoms with Crippen molar-refractivity contribution in [2.45, 2.75) is 450 Å². The van der Waals surface area contributed by atoms with Gasteiger partial charge in [0.1, 0.15) is 0 Å². The number of allylic oxidation sites excluding steroid dienone is 4. The molecular formula is C78H151NO5. The molecule has 0 heterocycles. The predicted octanol–water partition coefficient (Wildman–Crippen LogP) is 25.3. The van der Waals surface area contributed by atoms with E-state index >= 15 is 0 Å². The number of esters is 1. The number of amides is 1. The van der Waals surface area contributed by atoms with Crippen LogP contribution >= 0.6 is 0 Å². The van der Waals surface area contributed by atoms with Crippen molar-refractivity contribution in [2.24, 2.45) is 0 Å². The molecule has 2 unspecified atom stereocenters. The highest BCUT2D eigenvalue weighted by Crippen LogP contribution is 2.20. The Kier molecular flexibility index (Phi) is 72.3. The van der Waals surface area contributed by atoms with Gasteiger partial charge < -0.3 is 20.3 Å². The summed E-state index contributed by atoms with van der Waals surface area (Å²) in [4.78, 5) is 24.6. The van der Waals surface area contributed by atoms with E-state index in [-0.39, 0.29) is 18.5 Å². The van der Waals surface area contributed by atoms with Crippen LogP contribution in [0.25, 0.3) is 0 Å². The van der Waals surface area contributed by atoms with Crippen LogP contribution in [0.4, 0.5) is 0 Å². The number of aliphatic hydroxyl groups is 2. The second-order valence-electron chi connectivity index (χ2n) is 26.7. The van der Waals surface area contributed by atoms with Gasteiger partial charge >= 0.3 is 5.97 Å². The molecule has 0 aromatic carbocycles. The quantitative estimate of drug-likeness (QED) is 0.0320. The molecule has 6 heteroatoms. The first-order valence-corrected chi connectivity index (χ1v) is 38.6. The molecule has 0 radical (unpaired) electrons. The van der Waals surface area contributed by atoms with Crippen molar-refractivity contribution in [3.8, 4) is 0 Å². The summed E-state index contributed by atoms with van der Waals surface area (Å²) in [6.07, 6.45) is 94.2. The topological polar surface area (TPSA) is 95.9 Å². The average molecular weight is 1180 g/mol. The molecule has 0 saturated carbocycles. The Balaban J connectivity index is 3.28. The molecule has 84 heavy (non-hydrogen) atoms. The van der Waals surface area contributed by atoms with Crippen LogP contribution in [0, 0.1) is 0 Å². The summed E-state index contributed by atoms with van der Waals surface area (Å²) in [6.45, 7) is 4.92. The lowest BCUT2D eigenvalue weighted by atomic mass is 10.0. The number of ether oxygens (including phenoxy) is 1. The molecule has 0 saturated heterocycles. The zero-order chi connectivity index (χ0) is 60.6. The van der Waals surface area contributed by atoms with Crippen LogP contribution in [0.1, 0.15) is 438 Å². The zero-order valence-electron chi connectivity index (χ0n) is 57.2. The van der Waals surface area contributed by atoms with Crippen molar-refractivity contribution in [1.29, 1.82) is 0 Å². The number of hydrogen-bond acceptors (Lipinski definition) is 5. The molecule has 0 aliphatic carbocycles. The molecule has 0 spiro atoms. The Morgan fingerprint density at radius 1 is 0.333 bits per heavy atom. The second-order valence-corrected chi connectivity index (χ2v) is 26.7. The van der Waals surface area contributed by atoms with Crippen molar-refractivity contribution in [1.82, 2.24) is 5.32 Å². The minimum Gasteiger partial charge on any atom is -0.466 e. The summed E-state index contributed by atoms with van der Waals surface area (Å²) in [6, 6.07) is -0.536. The highest BCUT2D eigenvalue weighted by atomic mass is 16.5. The Bertz CT molecular complexity index is 1320. The van der Waals surface area contributed by atoms with E-state index in [1.165, 1.54) is 353 Å². The van der Waals surface area contributed by atoms with E-state index in [0.717, 1.165) is 51.4 Å². The van der Waals surface area contributed by atoms with E-state index in [4.69, 9.17) is 4.74 Å². The van der Waals surface area contributed by atoms with E-state index in [0.29, 0.717) is 25.9 Å². The molecule has 6 nitrogen and oxygen atoms in total. The fraction of sp³-hybridized carbons (Fsp3) is 0.923. The highest BCUT2D eigenvalue weighted by Gasteiger charge is 2.20. The van der Waals surface area contributed by atoms with Gasteiger partial charge in [0.2, 0.25) is 5.91 Å². The molecule has 0 aromatic heterocycles. The summed E-state index contributed by atoms with van der Waals surface area (Å²) in [5.41, 5.74) is 0. The van der Waals surface area contributed by atoms with Gasteiger partial charge in [0, 0.05) is 12.8 Å². The van der Waals surface area contributed by atoms with E-state index < -0.39 is 12.1 Å². The van der Waals surface area contributed by atoms with Crippen LogP contribution < -0.4 is 5.32 Å². The van der Waals surface area contributed by atoms with Crippen LogP contribution in [-0.4, -0.2) is 47.4 Å². The lowest BCUT2D eigenvalue weighted by molar-refractivity contribution is -0.143. The van der Waals surface area contributed by atoms with Crippen molar-refractivity contribution >= 4 is 11.9 Å². The molecule has 0 fully saturated rings. The fourth-order valence-corrected chi connectivity index (χ4v) is 12.4. The molecule has 0 aliphatic heterocycles. The van der Waals surface area contributed by atoms with Crippen LogP contribution in [0.3, 0.4) is 0 Å². The number of aliphatic hydroxyl groups excluding tert-OH is 2. The number of rotatable bonds is 73. The average Bonchev–Trinajstić information content (AvgIpc) is 3.53. The Morgan fingerprint density at radius 2 is 0.619 bits per heavy atom.